The average molecular weight is 552 g/mol. The van der Waals surface area contributed by atoms with Crippen molar-refractivity contribution in [3.8, 4) is 11.6 Å². The fourth-order valence-corrected chi connectivity index (χ4v) is 4.27. The number of fused-ring (bicyclic) bond motifs is 2. The summed E-state index contributed by atoms with van der Waals surface area (Å²) in [5.41, 5.74) is 1.11. The van der Waals surface area contributed by atoms with Gasteiger partial charge in [0.1, 0.15) is 11.3 Å². The molecule has 0 atom stereocenters. The van der Waals surface area contributed by atoms with Crippen LogP contribution in [0.1, 0.15) is 21.5 Å². The molecule has 0 aliphatic heterocycles. The van der Waals surface area contributed by atoms with E-state index in [0.29, 0.717) is 16.6 Å². The van der Waals surface area contributed by atoms with E-state index in [1.54, 1.807) is 18.2 Å². The van der Waals surface area contributed by atoms with E-state index in [-0.39, 0.29) is 17.2 Å². The second-order valence-electron chi connectivity index (χ2n) is 8.15. The molecule has 5 rings (SSSR count). The number of aromatic nitrogens is 2. The molecule has 5 aromatic rings. The molecule has 5 nitrogen and oxygen atoms in total. The number of ether oxygens (including phenoxy) is 1. The summed E-state index contributed by atoms with van der Waals surface area (Å²) < 4.78 is 46.2. The van der Waals surface area contributed by atoms with Crippen LogP contribution >= 0.6 is 15.9 Å². The topological polar surface area (TPSA) is 64.1 Å². The molecule has 36 heavy (non-hydrogen) atoms. The molecule has 0 radical (unpaired) electrons. The molecule has 0 aliphatic carbocycles. The van der Waals surface area contributed by atoms with E-state index in [4.69, 9.17) is 4.74 Å². The Hall–Kier alpha value is -3.98. The molecule has 9 heteroatoms. The highest BCUT2D eigenvalue weighted by atomic mass is 79.9. The van der Waals surface area contributed by atoms with Crippen LogP contribution in [0.4, 0.5) is 18.9 Å². The van der Waals surface area contributed by atoms with Crippen LogP contribution in [0.3, 0.4) is 0 Å². The monoisotopic (exact) mass is 551 g/mol. The lowest BCUT2D eigenvalue weighted by molar-refractivity contribution is -0.137. The van der Waals surface area contributed by atoms with Gasteiger partial charge in [-0.2, -0.15) is 13.2 Å². The van der Waals surface area contributed by atoms with Crippen LogP contribution in [0.5, 0.6) is 11.6 Å². The maximum Gasteiger partial charge on any atom is 0.416 e. The molecule has 0 saturated carbocycles. The van der Waals surface area contributed by atoms with E-state index >= 15 is 0 Å². The summed E-state index contributed by atoms with van der Waals surface area (Å²) in [5.74, 6) is -0.850. The van der Waals surface area contributed by atoms with Gasteiger partial charge in [0.05, 0.1) is 11.1 Å². The summed E-state index contributed by atoms with van der Waals surface area (Å²) in [4.78, 5) is 13.6. The molecule has 4 aromatic carbocycles. The molecule has 1 amide bonds. The zero-order valence-electron chi connectivity index (χ0n) is 18.7. The molecule has 0 spiro atoms. The zero-order chi connectivity index (χ0) is 25.4. The average Bonchev–Trinajstić information content (AvgIpc) is 2.83. The highest BCUT2D eigenvalue weighted by Crippen LogP contribution is 2.35. The lowest BCUT2D eigenvalue weighted by Gasteiger charge is -2.15. The minimum Gasteiger partial charge on any atom is -0.437 e. The third kappa shape index (κ3) is 4.74. The quantitative estimate of drug-likeness (QED) is 0.246. The van der Waals surface area contributed by atoms with E-state index in [1.807, 2.05) is 43.3 Å². The number of hydrogen-bond donors (Lipinski definition) is 1. The molecule has 1 aromatic heterocycles. The number of amides is 1. The van der Waals surface area contributed by atoms with E-state index in [9.17, 15) is 18.0 Å². The van der Waals surface area contributed by atoms with Crippen molar-refractivity contribution in [3.63, 3.8) is 0 Å². The number of nitrogens with one attached hydrogen (secondary N) is 1. The number of anilines is 1. The number of carbonyl (C=O) groups excluding carboxylic acids is 1. The van der Waals surface area contributed by atoms with Crippen LogP contribution in [0.2, 0.25) is 0 Å². The van der Waals surface area contributed by atoms with Gasteiger partial charge in [-0.25, -0.2) is 0 Å². The molecule has 0 unspecified atom stereocenters. The van der Waals surface area contributed by atoms with Crippen molar-refractivity contribution in [1.29, 1.82) is 0 Å². The fraction of sp³-hybridized carbons (Fsp3) is 0.0741. The second-order valence-corrected chi connectivity index (χ2v) is 9.07. The number of halogens is 4. The van der Waals surface area contributed by atoms with E-state index in [2.05, 4.69) is 31.4 Å². The van der Waals surface area contributed by atoms with Gasteiger partial charge in [-0.15, -0.1) is 10.2 Å². The van der Waals surface area contributed by atoms with E-state index in [0.717, 1.165) is 32.9 Å². The summed E-state index contributed by atoms with van der Waals surface area (Å²) in [6, 6.07) is 20.8. The fourth-order valence-electron chi connectivity index (χ4n) is 3.89. The van der Waals surface area contributed by atoms with Crippen LogP contribution in [-0.2, 0) is 6.18 Å². The molecule has 0 aliphatic rings. The molecule has 180 valence electrons. The first kappa shape index (κ1) is 23.7. The summed E-state index contributed by atoms with van der Waals surface area (Å²) in [7, 11) is 0. The third-order valence-electron chi connectivity index (χ3n) is 5.58. The lowest BCUT2D eigenvalue weighted by atomic mass is 10.1. The van der Waals surface area contributed by atoms with Gasteiger partial charge < -0.3 is 10.1 Å². The Morgan fingerprint density at radius 3 is 2.50 bits per heavy atom. The Bertz CT molecular complexity index is 1640. The number of alkyl halides is 3. The Morgan fingerprint density at radius 2 is 1.69 bits per heavy atom. The van der Waals surface area contributed by atoms with E-state index < -0.39 is 17.6 Å². The summed E-state index contributed by atoms with van der Waals surface area (Å²) in [5, 5.41) is 13.3. The summed E-state index contributed by atoms with van der Waals surface area (Å²) in [6.07, 6.45) is -4.55. The Labute approximate surface area is 212 Å². The van der Waals surface area contributed by atoms with Crippen molar-refractivity contribution in [2.45, 2.75) is 13.1 Å². The SMILES string of the molecule is Cc1ccc2c(C(=O)Nc3cccc4cc(Br)ccc34)c(Oc3cccc(C(F)(F)F)c3)nnc2c1. The zero-order valence-corrected chi connectivity index (χ0v) is 20.3. The van der Waals surface area contributed by atoms with Gasteiger partial charge in [0.25, 0.3) is 11.8 Å². The first-order valence-corrected chi connectivity index (χ1v) is 11.6. The number of benzene rings is 4. The number of aryl methyl sites for hydroxylation is 1. The number of nitrogens with zero attached hydrogens (tertiary/aromatic N) is 2. The molecule has 0 bridgehead atoms. The number of carbonyl (C=O) groups is 1. The maximum atomic E-state index is 13.6. The number of hydrogen-bond acceptors (Lipinski definition) is 4. The smallest absolute Gasteiger partial charge is 0.416 e. The molecule has 0 fully saturated rings. The minimum atomic E-state index is -4.55. The lowest BCUT2D eigenvalue weighted by Crippen LogP contribution is -2.15. The van der Waals surface area contributed by atoms with Crippen molar-refractivity contribution in [2.75, 3.05) is 5.32 Å². The summed E-state index contributed by atoms with van der Waals surface area (Å²) in [6.45, 7) is 1.88. The highest BCUT2D eigenvalue weighted by molar-refractivity contribution is 9.10. The normalized spacial score (nSPS) is 11.6. The molecular weight excluding hydrogens is 535 g/mol. The van der Waals surface area contributed by atoms with Gasteiger partial charge in [0.15, 0.2) is 0 Å². The van der Waals surface area contributed by atoms with Crippen LogP contribution in [-0.4, -0.2) is 16.1 Å². The van der Waals surface area contributed by atoms with Gasteiger partial charge >= 0.3 is 6.18 Å². The first-order valence-electron chi connectivity index (χ1n) is 10.8. The Balaban J connectivity index is 1.60. The number of rotatable bonds is 4. The van der Waals surface area contributed by atoms with Gasteiger partial charge in [0.2, 0.25) is 0 Å². The predicted octanol–water partition coefficient (Wildman–Crippen LogP) is 7.92. The summed E-state index contributed by atoms with van der Waals surface area (Å²) >= 11 is 3.45. The van der Waals surface area contributed by atoms with Gasteiger partial charge in [-0.3, -0.25) is 4.79 Å². The van der Waals surface area contributed by atoms with Gasteiger partial charge in [0, 0.05) is 20.9 Å². The largest absolute Gasteiger partial charge is 0.437 e. The standard InChI is InChI=1S/C27H17BrF3N3O2/c1-15-8-10-21-23(12-15)33-34-26(36-19-6-3-5-17(14-19)27(29,30)31)24(21)25(35)32-22-7-2-4-16-13-18(28)9-11-20(16)22/h2-14H,1H3,(H,32,35). The van der Waals surface area contributed by atoms with Crippen molar-refractivity contribution >= 4 is 49.2 Å². The first-order chi connectivity index (χ1) is 17.2. The Kier molecular flexibility index (Phi) is 6.09. The van der Waals surface area contributed by atoms with Crippen LogP contribution in [0, 0.1) is 6.92 Å². The molecule has 0 saturated heterocycles. The second kappa shape index (κ2) is 9.23. The highest BCUT2D eigenvalue weighted by Gasteiger charge is 2.31. The van der Waals surface area contributed by atoms with Crippen molar-refractivity contribution in [3.05, 3.63) is 100 Å². The van der Waals surface area contributed by atoms with Crippen LogP contribution in [0.25, 0.3) is 21.7 Å². The van der Waals surface area contributed by atoms with E-state index in [1.165, 1.54) is 12.1 Å². The molecular formula is C27H17BrF3N3O2. The maximum absolute atomic E-state index is 13.6. The van der Waals surface area contributed by atoms with Crippen LogP contribution < -0.4 is 10.1 Å². The van der Waals surface area contributed by atoms with Crippen LogP contribution in [0.15, 0.2) is 83.3 Å². The molecule has 1 N–H and O–H groups in total. The van der Waals surface area contributed by atoms with Gasteiger partial charge in [-0.1, -0.05) is 52.3 Å². The van der Waals surface area contributed by atoms with Crippen molar-refractivity contribution in [2.24, 2.45) is 0 Å². The predicted molar refractivity (Wildman–Crippen MR) is 135 cm³/mol. The van der Waals surface area contributed by atoms with Crippen molar-refractivity contribution in [1.82, 2.24) is 10.2 Å². The Morgan fingerprint density at radius 1 is 0.917 bits per heavy atom. The minimum absolute atomic E-state index is 0.0616. The van der Waals surface area contributed by atoms with Crippen molar-refractivity contribution < 1.29 is 22.7 Å². The third-order valence-corrected chi connectivity index (χ3v) is 6.07. The van der Waals surface area contributed by atoms with Gasteiger partial charge in [-0.05, 0) is 60.3 Å². The molecule has 1 heterocycles.